The Balaban J connectivity index is 2.63. The lowest BCUT2D eigenvalue weighted by molar-refractivity contribution is -0.115. The molecule has 1 rings (SSSR count). The molecule has 90 valence electrons. The van der Waals surface area contributed by atoms with Gasteiger partial charge in [-0.1, -0.05) is 6.92 Å². The van der Waals surface area contributed by atoms with E-state index in [-0.39, 0.29) is 5.82 Å². The number of rotatable bonds is 5. The number of ether oxygens (including phenoxy) is 1. The molecule has 0 unspecified atom stereocenters. The number of nitrogens with one attached hydrogen (secondary N) is 1. The van der Waals surface area contributed by atoms with E-state index in [1.807, 2.05) is 6.92 Å². The molecular weight excluding hydrogens is 221 g/mol. The van der Waals surface area contributed by atoms with E-state index in [4.69, 9.17) is 4.74 Å². The normalized spacial score (nSPS) is 11.2. The average molecular weight is 234 g/mol. The van der Waals surface area contributed by atoms with Crippen molar-refractivity contribution >= 4 is 5.82 Å². The molecule has 0 bridgehead atoms. The molecule has 0 aliphatic heterocycles. The molecule has 1 N–H and O–H groups in total. The summed E-state index contributed by atoms with van der Waals surface area (Å²) in [5, 5.41) is 2.20. The van der Waals surface area contributed by atoms with Crippen LogP contribution in [-0.2, 0) is 0 Å². The van der Waals surface area contributed by atoms with Crippen LogP contribution in [0, 0.1) is 0 Å². The second kappa shape index (κ2) is 5.58. The Hall–Kier alpha value is -1.46. The molecule has 0 radical (unpaired) electrons. The Morgan fingerprint density at radius 3 is 2.81 bits per heavy atom. The lowest BCUT2D eigenvalue weighted by atomic mass is 10.4. The third kappa shape index (κ3) is 4.37. The maximum absolute atomic E-state index is 12.0. The minimum Gasteiger partial charge on any atom is -0.490 e. The van der Waals surface area contributed by atoms with Gasteiger partial charge in [-0.2, -0.15) is 13.2 Å². The molecule has 1 heterocycles. The molecule has 16 heavy (non-hydrogen) atoms. The van der Waals surface area contributed by atoms with E-state index in [9.17, 15) is 13.2 Å². The number of halogens is 3. The second-order valence-corrected chi connectivity index (χ2v) is 3.17. The number of hydrogen-bond donors (Lipinski definition) is 1. The lowest BCUT2D eigenvalue weighted by Gasteiger charge is -2.12. The zero-order valence-electron chi connectivity index (χ0n) is 8.84. The van der Waals surface area contributed by atoms with Gasteiger partial charge >= 0.3 is 6.18 Å². The number of nitrogens with zero attached hydrogens (tertiary/aromatic N) is 1. The van der Waals surface area contributed by atoms with E-state index >= 15 is 0 Å². The summed E-state index contributed by atoms with van der Waals surface area (Å²) in [6.07, 6.45) is -2.06. The number of aromatic nitrogens is 1. The summed E-state index contributed by atoms with van der Waals surface area (Å²) in [5.41, 5.74) is 0. The monoisotopic (exact) mass is 234 g/mol. The first-order valence-electron chi connectivity index (χ1n) is 4.91. The third-order valence-corrected chi connectivity index (χ3v) is 1.69. The molecule has 6 heteroatoms. The molecule has 1 aromatic heterocycles. The quantitative estimate of drug-likeness (QED) is 0.850. The summed E-state index contributed by atoms with van der Waals surface area (Å²) in [4.78, 5) is 3.80. The number of anilines is 1. The number of pyridine rings is 1. The Kier molecular flexibility index (Phi) is 4.39. The van der Waals surface area contributed by atoms with Crippen LogP contribution >= 0.6 is 0 Å². The largest absolute Gasteiger partial charge is 0.490 e. The molecule has 3 nitrogen and oxygen atoms in total. The Bertz CT molecular complexity index is 328. The molecule has 0 amide bonds. The Labute approximate surface area is 91.6 Å². The second-order valence-electron chi connectivity index (χ2n) is 3.17. The third-order valence-electron chi connectivity index (χ3n) is 1.69. The van der Waals surface area contributed by atoms with Crippen LogP contribution in [0.2, 0.25) is 0 Å². The van der Waals surface area contributed by atoms with Gasteiger partial charge in [0.25, 0.3) is 0 Å². The van der Waals surface area contributed by atoms with E-state index in [0.717, 1.165) is 6.42 Å². The molecule has 0 aromatic carbocycles. The summed E-state index contributed by atoms with van der Waals surface area (Å²) < 4.78 is 41.2. The summed E-state index contributed by atoms with van der Waals surface area (Å²) >= 11 is 0. The Morgan fingerprint density at radius 2 is 2.19 bits per heavy atom. The van der Waals surface area contributed by atoms with Crippen molar-refractivity contribution in [3.05, 3.63) is 18.3 Å². The highest BCUT2D eigenvalue weighted by Gasteiger charge is 2.27. The summed E-state index contributed by atoms with van der Waals surface area (Å²) in [5.74, 6) is 0.460. The first-order chi connectivity index (χ1) is 7.53. The van der Waals surface area contributed by atoms with Gasteiger partial charge in [-0.3, -0.25) is 0 Å². The fraction of sp³-hybridized carbons (Fsp3) is 0.500. The van der Waals surface area contributed by atoms with Crippen molar-refractivity contribution in [2.45, 2.75) is 19.5 Å². The van der Waals surface area contributed by atoms with Crippen LogP contribution in [-0.4, -0.2) is 24.3 Å². The van der Waals surface area contributed by atoms with Gasteiger partial charge in [0.2, 0.25) is 0 Å². The maximum Gasteiger partial charge on any atom is 0.405 e. The van der Waals surface area contributed by atoms with Gasteiger partial charge in [-0.15, -0.1) is 0 Å². The van der Waals surface area contributed by atoms with Gasteiger partial charge in [-0.05, 0) is 18.6 Å². The van der Waals surface area contributed by atoms with Crippen LogP contribution < -0.4 is 10.1 Å². The van der Waals surface area contributed by atoms with Crippen LogP contribution in [0.3, 0.4) is 0 Å². The SMILES string of the molecule is CCCOc1cccnc1NCC(F)(F)F. The van der Waals surface area contributed by atoms with Crippen molar-refractivity contribution in [1.82, 2.24) is 4.98 Å². The van der Waals surface area contributed by atoms with Crippen molar-refractivity contribution < 1.29 is 17.9 Å². The van der Waals surface area contributed by atoms with Gasteiger partial charge in [0.15, 0.2) is 11.6 Å². The van der Waals surface area contributed by atoms with Gasteiger partial charge in [0.1, 0.15) is 6.54 Å². The predicted octanol–water partition coefficient (Wildman–Crippen LogP) is 2.84. The highest BCUT2D eigenvalue weighted by atomic mass is 19.4. The summed E-state index contributed by atoms with van der Waals surface area (Å²) in [7, 11) is 0. The molecule has 0 atom stereocenters. The average Bonchev–Trinajstić information content (AvgIpc) is 2.23. The summed E-state index contributed by atoms with van der Waals surface area (Å²) in [6.45, 7) is 1.25. The van der Waals surface area contributed by atoms with Gasteiger partial charge in [0, 0.05) is 6.20 Å². The molecule has 0 saturated carbocycles. The molecule has 0 aliphatic carbocycles. The molecule has 0 fully saturated rings. The molecular formula is C10H13F3N2O. The fourth-order valence-electron chi connectivity index (χ4n) is 1.04. The van der Waals surface area contributed by atoms with Crippen molar-refractivity contribution in [2.24, 2.45) is 0 Å². The van der Waals surface area contributed by atoms with Gasteiger partial charge in [-0.25, -0.2) is 4.98 Å². The standard InChI is InChI=1S/C10H13F3N2O/c1-2-6-16-8-4-3-5-14-9(8)15-7-10(11,12)13/h3-5H,2,6-7H2,1H3,(H,14,15). The van der Waals surface area contributed by atoms with E-state index < -0.39 is 12.7 Å². The highest BCUT2D eigenvalue weighted by Crippen LogP contribution is 2.23. The van der Waals surface area contributed by atoms with E-state index in [1.165, 1.54) is 6.20 Å². The van der Waals surface area contributed by atoms with Crippen LogP contribution in [0.25, 0.3) is 0 Å². The van der Waals surface area contributed by atoms with Crippen molar-refractivity contribution in [3.8, 4) is 5.75 Å². The van der Waals surface area contributed by atoms with Crippen LogP contribution in [0.5, 0.6) is 5.75 Å². The Morgan fingerprint density at radius 1 is 1.44 bits per heavy atom. The zero-order chi connectivity index (χ0) is 12.0. The van der Waals surface area contributed by atoms with E-state index in [2.05, 4.69) is 10.3 Å². The van der Waals surface area contributed by atoms with Crippen LogP contribution in [0.4, 0.5) is 19.0 Å². The van der Waals surface area contributed by atoms with E-state index in [1.54, 1.807) is 12.1 Å². The molecule has 0 spiro atoms. The van der Waals surface area contributed by atoms with Crippen molar-refractivity contribution in [3.63, 3.8) is 0 Å². The predicted molar refractivity (Wildman–Crippen MR) is 54.6 cm³/mol. The number of alkyl halides is 3. The summed E-state index contributed by atoms with van der Waals surface area (Å²) in [6, 6.07) is 3.20. The van der Waals surface area contributed by atoms with Crippen LogP contribution in [0.1, 0.15) is 13.3 Å². The van der Waals surface area contributed by atoms with Gasteiger partial charge < -0.3 is 10.1 Å². The first-order valence-corrected chi connectivity index (χ1v) is 4.91. The van der Waals surface area contributed by atoms with Crippen molar-refractivity contribution in [2.75, 3.05) is 18.5 Å². The fourth-order valence-corrected chi connectivity index (χ4v) is 1.04. The lowest BCUT2D eigenvalue weighted by Crippen LogP contribution is -2.22. The minimum atomic E-state index is -4.26. The molecule has 0 aliphatic rings. The highest BCUT2D eigenvalue weighted by molar-refractivity contribution is 5.49. The zero-order valence-corrected chi connectivity index (χ0v) is 8.84. The smallest absolute Gasteiger partial charge is 0.405 e. The topological polar surface area (TPSA) is 34.1 Å². The van der Waals surface area contributed by atoms with E-state index in [0.29, 0.717) is 12.4 Å². The number of hydrogen-bond acceptors (Lipinski definition) is 3. The molecule has 0 saturated heterocycles. The van der Waals surface area contributed by atoms with Gasteiger partial charge in [0.05, 0.1) is 6.61 Å². The minimum absolute atomic E-state index is 0.119. The van der Waals surface area contributed by atoms with Crippen LogP contribution in [0.15, 0.2) is 18.3 Å². The maximum atomic E-state index is 12.0. The van der Waals surface area contributed by atoms with Crippen molar-refractivity contribution in [1.29, 1.82) is 0 Å². The molecule has 1 aromatic rings. The first kappa shape index (κ1) is 12.6.